The van der Waals surface area contributed by atoms with Crippen LogP contribution in [0, 0.1) is 11.7 Å². The van der Waals surface area contributed by atoms with Crippen molar-refractivity contribution >= 4 is 10.9 Å². The van der Waals surface area contributed by atoms with Gasteiger partial charge in [-0.15, -0.1) is 0 Å². The van der Waals surface area contributed by atoms with Crippen molar-refractivity contribution in [1.29, 1.82) is 0 Å². The van der Waals surface area contributed by atoms with Gasteiger partial charge in [0.2, 0.25) is 0 Å². The summed E-state index contributed by atoms with van der Waals surface area (Å²) in [5.74, 6) is 0.655. The van der Waals surface area contributed by atoms with Gasteiger partial charge in [-0.1, -0.05) is 32.8 Å². The van der Waals surface area contributed by atoms with Gasteiger partial charge in [0.15, 0.2) is 0 Å². The Morgan fingerprint density at radius 3 is 3.00 bits per heavy atom. The third-order valence-electron chi connectivity index (χ3n) is 6.30. The smallest absolute Gasteiger partial charge is 0.123 e. The summed E-state index contributed by atoms with van der Waals surface area (Å²) in [6.45, 7) is 7.61. The summed E-state index contributed by atoms with van der Waals surface area (Å²) in [6.07, 6.45) is 11.0. The second kappa shape index (κ2) is 5.94. The van der Waals surface area contributed by atoms with Crippen LogP contribution in [-0.4, -0.2) is 22.0 Å². The topological polar surface area (TPSA) is 18.8 Å². The molecule has 0 bridgehead atoms. The van der Waals surface area contributed by atoms with Crippen LogP contribution in [0.15, 0.2) is 36.7 Å². The van der Waals surface area contributed by atoms with Crippen molar-refractivity contribution < 1.29 is 4.39 Å². The molecule has 2 aliphatic rings. The molecule has 1 aromatic carbocycles. The molecule has 0 amide bonds. The van der Waals surface area contributed by atoms with Gasteiger partial charge in [0, 0.05) is 29.3 Å². The highest BCUT2D eigenvalue weighted by molar-refractivity contribution is 5.83. The number of hydrogen-bond acceptors (Lipinski definition) is 1. The maximum atomic E-state index is 13.5. The van der Waals surface area contributed by atoms with Gasteiger partial charge in [0.1, 0.15) is 5.82 Å². The second-order valence-electron chi connectivity index (χ2n) is 7.51. The molecule has 1 aromatic heterocycles. The van der Waals surface area contributed by atoms with E-state index in [1.165, 1.54) is 55.9 Å². The summed E-state index contributed by atoms with van der Waals surface area (Å²) in [6, 6.07) is 4.98. The average Bonchev–Trinajstić information content (AvgIpc) is 2.98. The molecule has 3 heteroatoms. The minimum atomic E-state index is -0.161. The standard InChI is InChI=1S/C21H27FN2/c1-3-4-5-6-17-9-11-21(17)15(2)24(21)12-10-16-14-23-20-8-7-18(22)13-19(16)20/h7-8,13-14,17,23H,2-6,9-12H2,1H3. The first-order valence-corrected chi connectivity index (χ1v) is 9.39. The molecule has 128 valence electrons. The Kier molecular flexibility index (Phi) is 3.90. The van der Waals surface area contributed by atoms with E-state index in [1.54, 1.807) is 6.07 Å². The number of aromatic amines is 1. The first-order chi connectivity index (χ1) is 11.7. The molecule has 1 saturated heterocycles. The van der Waals surface area contributed by atoms with Crippen LogP contribution in [0.4, 0.5) is 4.39 Å². The highest BCUT2D eigenvalue weighted by atomic mass is 19.1. The van der Waals surface area contributed by atoms with Crippen LogP contribution < -0.4 is 0 Å². The van der Waals surface area contributed by atoms with Crippen LogP contribution in [-0.2, 0) is 6.42 Å². The lowest BCUT2D eigenvalue weighted by Crippen LogP contribution is -2.39. The summed E-state index contributed by atoms with van der Waals surface area (Å²) in [5.41, 5.74) is 3.90. The van der Waals surface area contributed by atoms with E-state index in [1.807, 2.05) is 12.3 Å². The van der Waals surface area contributed by atoms with Gasteiger partial charge in [-0.05, 0) is 55.4 Å². The number of nitrogens with zero attached hydrogens (tertiary/aromatic N) is 1. The number of benzene rings is 1. The Balaban J connectivity index is 1.40. The van der Waals surface area contributed by atoms with E-state index in [0.29, 0.717) is 5.54 Å². The first kappa shape index (κ1) is 15.7. The van der Waals surface area contributed by atoms with Gasteiger partial charge >= 0.3 is 0 Å². The van der Waals surface area contributed by atoms with E-state index in [0.717, 1.165) is 29.8 Å². The van der Waals surface area contributed by atoms with E-state index < -0.39 is 0 Å². The van der Waals surface area contributed by atoms with Crippen molar-refractivity contribution in [3.05, 3.63) is 48.1 Å². The van der Waals surface area contributed by atoms with Crippen LogP contribution in [0.1, 0.15) is 51.0 Å². The zero-order chi connectivity index (χ0) is 16.7. The molecular weight excluding hydrogens is 299 g/mol. The predicted octanol–water partition coefficient (Wildman–Crippen LogP) is 5.41. The molecule has 4 rings (SSSR count). The lowest BCUT2D eigenvalue weighted by atomic mass is 9.69. The number of unbranched alkanes of at least 4 members (excludes halogenated alkanes) is 2. The average molecular weight is 326 g/mol. The summed E-state index contributed by atoms with van der Waals surface area (Å²) in [7, 11) is 0. The maximum absolute atomic E-state index is 13.5. The Morgan fingerprint density at radius 2 is 2.25 bits per heavy atom. The third kappa shape index (κ3) is 2.37. The van der Waals surface area contributed by atoms with Gasteiger partial charge < -0.3 is 9.88 Å². The summed E-state index contributed by atoms with van der Waals surface area (Å²) >= 11 is 0. The zero-order valence-electron chi connectivity index (χ0n) is 14.6. The molecule has 1 N–H and O–H groups in total. The van der Waals surface area contributed by atoms with Crippen LogP contribution in [0.2, 0.25) is 0 Å². The van der Waals surface area contributed by atoms with E-state index in [9.17, 15) is 4.39 Å². The van der Waals surface area contributed by atoms with Gasteiger partial charge in [-0.3, -0.25) is 0 Å². The number of halogens is 1. The largest absolute Gasteiger partial charge is 0.362 e. The van der Waals surface area contributed by atoms with E-state index in [-0.39, 0.29) is 5.82 Å². The lowest BCUT2D eigenvalue weighted by molar-refractivity contribution is 0.150. The van der Waals surface area contributed by atoms with Crippen molar-refractivity contribution in [3.63, 3.8) is 0 Å². The Labute approximate surface area is 143 Å². The van der Waals surface area contributed by atoms with Crippen LogP contribution in [0.25, 0.3) is 10.9 Å². The number of nitrogens with one attached hydrogen (secondary N) is 1. The van der Waals surface area contributed by atoms with Crippen LogP contribution in [0.5, 0.6) is 0 Å². The molecule has 1 aliphatic carbocycles. The Bertz CT molecular complexity index is 762. The molecule has 0 radical (unpaired) electrons. The van der Waals surface area contributed by atoms with E-state index in [4.69, 9.17) is 0 Å². The maximum Gasteiger partial charge on any atom is 0.123 e. The minimum Gasteiger partial charge on any atom is -0.362 e. The second-order valence-corrected chi connectivity index (χ2v) is 7.51. The summed E-state index contributed by atoms with van der Waals surface area (Å²) in [5, 5.41) is 1.02. The number of aromatic nitrogens is 1. The fourth-order valence-corrected chi connectivity index (χ4v) is 4.71. The molecule has 24 heavy (non-hydrogen) atoms. The summed E-state index contributed by atoms with van der Waals surface area (Å²) < 4.78 is 13.5. The molecule has 2 atom stereocenters. The van der Waals surface area contributed by atoms with Gasteiger partial charge in [0.25, 0.3) is 0 Å². The van der Waals surface area contributed by atoms with Crippen LogP contribution in [0.3, 0.4) is 0 Å². The molecule has 1 aliphatic heterocycles. The van der Waals surface area contributed by atoms with Crippen molar-refractivity contribution in [2.24, 2.45) is 5.92 Å². The molecular formula is C21H27FN2. The third-order valence-corrected chi connectivity index (χ3v) is 6.30. The first-order valence-electron chi connectivity index (χ1n) is 9.39. The zero-order valence-corrected chi connectivity index (χ0v) is 14.6. The number of hydrogen-bond donors (Lipinski definition) is 1. The lowest BCUT2D eigenvalue weighted by Gasteiger charge is -2.37. The minimum absolute atomic E-state index is 0.161. The van der Waals surface area contributed by atoms with Crippen molar-refractivity contribution in [2.75, 3.05) is 6.54 Å². The molecule has 2 fully saturated rings. The number of H-pyrrole nitrogens is 1. The SMILES string of the molecule is C=C1N(CCc2c[nH]c3ccc(F)cc23)C12CCC2CCCCC. The van der Waals surface area contributed by atoms with E-state index in [2.05, 4.69) is 23.4 Å². The normalized spacial score (nSPS) is 25.5. The molecule has 2 aromatic rings. The highest BCUT2D eigenvalue weighted by Gasteiger charge is 2.64. The Hall–Kier alpha value is -1.77. The van der Waals surface area contributed by atoms with Crippen molar-refractivity contribution in [3.8, 4) is 0 Å². The highest BCUT2D eigenvalue weighted by Crippen LogP contribution is 2.62. The molecule has 1 spiro atoms. The van der Waals surface area contributed by atoms with Gasteiger partial charge in [-0.2, -0.15) is 0 Å². The quantitative estimate of drug-likeness (QED) is 0.532. The van der Waals surface area contributed by atoms with Gasteiger partial charge in [-0.25, -0.2) is 4.39 Å². The molecule has 2 unspecified atom stereocenters. The number of fused-ring (bicyclic) bond motifs is 1. The summed E-state index contributed by atoms with van der Waals surface area (Å²) in [4.78, 5) is 5.77. The molecule has 2 nitrogen and oxygen atoms in total. The molecule has 2 heterocycles. The van der Waals surface area contributed by atoms with Gasteiger partial charge in [0.05, 0.1) is 5.54 Å². The fraction of sp³-hybridized carbons (Fsp3) is 0.524. The van der Waals surface area contributed by atoms with Crippen LogP contribution >= 0.6 is 0 Å². The number of rotatable bonds is 7. The monoisotopic (exact) mass is 326 g/mol. The fourth-order valence-electron chi connectivity index (χ4n) is 4.71. The Morgan fingerprint density at radius 1 is 1.38 bits per heavy atom. The molecule has 1 saturated carbocycles. The van der Waals surface area contributed by atoms with E-state index >= 15 is 0 Å². The van der Waals surface area contributed by atoms with Crippen molar-refractivity contribution in [1.82, 2.24) is 9.88 Å². The predicted molar refractivity (Wildman–Crippen MR) is 97.4 cm³/mol. The van der Waals surface area contributed by atoms with Crippen molar-refractivity contribution in [2.45, 2.75) is 57.4 Å².